The number of fused-ring (bicyclic) bond motifs is 1. The van der Waals surface area contributed by atoms with Gasteiger partial charge in [0.25, 0.3) is 5.91 Å². The lowest BCUT2D eigenvalue weighted by Crippen LogP contribution is -2.72. The van der Waals surface area contributed by atoms with E-state index in [0.717, 1.165) is 0 Å². The number of carbonyl (C=O) groups excluding carboxylic acids is 1. The minimum Gasteiger partial charge on any atom is -0.334 e. The number of halogens is 13. The Morgan fingerprint density at radius 2 is 1.17 bits per heavy atom. The topological polar surface area (TPSA) is 23.6 Å². The quantitative estimate of drug-likeness (QED) is 0.565. The number of hydrogen-bond acceptors (Lipinski definition) is 2. The Morgan fingerprint density at radius 1 is 0.667 bits per heavy atom. The molecule has 2 aliphatic rings. The average molecular weight is 472 g/mol. The zero-order chi connectivity index (χ0) is 23.6. The van der Waals surface area contributed by atoms with E-state index in [1.807, 2.05) is 0 Å². The predicted octanol–water partition coefficient (Wildman–Crippen LogP) is 4.03. The fraction of sp³-hybridized carbons (Fsp3) is 0.929. The second-order valence-corrected chi connectivity index (χ2v) is 6.95. The summed E-state index contributed by atoms with van der Waals surface area (Å²) >= 11 is 0. The van der Waals surface area contributed by atoms with E-state index in [0.29, 0.717) is 19.4 Å². The molecular formula is C14H13F13N2O. The molecule has 0 radical (unpaired) electrons. The molecule has 0 aromatic rings. The van der Waals surface area contributed by atoms with Gasteiger partial charge in [0.2, 0.25) is 0 Å². The Balaban J connectivity index is 2.37. The first-order valence-corrected chi connectivity index (χ1v) is 8.22. The molecule has 0 aromatic carbocycles. The highest BCUT2D eigenvalue weighted by Gasteiger charge is 2.91. The van der Waals surface area contributed by atoms with Crippen LogP contribution in [-0.2, 0) is 4.79 Å². The van der Waals surface area contributed by atoms with E-state index in [4.69, 9.17) is 0 Å². The van der Waals surface area contributed by atoms with Crippen molar-refractivity contribution < 1.29 is 61.9 Å². The molecule has 16 heteroatoms. The maximum absolute atomic E-state index is 13.9. The second kappa shape index (κ2) is 7.02. The summed E-state index contributed by atoms with van der Waals surface area (Å²) in [7, 11) is 0. The fourth-order valence-electron chi connectivity index (χ4n) is 3.28. The molecule has 0 N–H and O–H groups in total. The molecule has 2 saturated heterocycles. The third-order valence-corrected chi connectivity index (χ3v) is 5.08. The van der Waals surface area contributed by atoms with Gasteiger partial charge in [-0.2, -0.15) is 57.1 Å². The van der Waals surface area contributed by atoms with Crippen LogP contribution in [0.5, 0.6) is 0 Å². The van der Waals surface area contributed by atoms with E-state index in [9.17, 15) is 61.9 Å². The van der Waals surface area contributed by atoms with E-state index in [2.05, 4.69) is 0 Å². The standard InChI is InChI=1S/C14H13F13N2O/c15-9(16,8(30)29-5-4-28-3-1-2-7(28)6-29)10(17,18)11(19,20)12(21,22)13(23,24)14(25,26)27/h7H,1-6H2. The van der Waals surface area contributed by atoms with Crippen LogP contribution < -0.4 is 0 Å². The predicted molar refractivity (Wildman–Crippen MR) is 72.0 cm³/mol. The van der Waals surface area contributed by atoms with E-state index in [1.165, 1.54) is 0 Å². The van der Waals surface area contributed by atoms with Crippen LogP contribution in [0.2, 0.25) is 0 Å². The van der Waals surface area contributed by atoms with Crippen molar-refractivity contribution in [3.05, 3.63) is 0 Å². The highest BCUT2D eigenvalue weighted by Crippen LogP contribution is 2.60. The van der Waals surface area contributed by atoms with Crippen LogP contribution in [0.15, 0.2) is 0 Å². The summed E-state index contributed by atoms with van der Waals surface area (Å²) < 4.78 is 170. The van der Waals surface area contributed by atoms with Crippen LogP contribution in [0.25, 0.3) is 0 Å². The number of carbonyl (C=O) groups is 1. The van der Waals surface area contributed by atoms with Crippen LogP contribution in [0, 0.1) is 0 Å². The van der Waals surface area contributed by atoms with E-state index in [1.54, 1.807) is 4.90 Å². The smallest absolute Gasteiger partial charge is 0.334 e. The SMILES string of the molecule is O=C(N1CCN2CCCC2C1)C(F)(F)C(F)(F)C(F)(F)C(F)(F)C(F)(F)C(F)(F)F. The van der Waals surface area contributed by atoms with E-state index < -0.39 is 60.8 Å². The van der Waals surface area contributed by atoms with Crippen molar-refractivity contribution in [1.29, 1.82) is 0 Å². The zero-order valence-electron chi connectivity index (χ0n) is 14.5. The lowest BCUT2D eigenvalue weighted by atomic mass is 9.93. The van der Waals surface area contributed by atoms with Crippen molar-refractivity contribution in [1.82, 2.24) is 9.80 Å². The van der Waals surface area contributed by atoms with Gasteiger partial charge in [0.05, 0.1) is 0 Å². The first kappa shape index (κ1) is 24.8. The zero-order valence-corrected chi connectivity index (χ0v) is 14.5. The Kier molecular flexibility index (Phi) is 5.80. The van der Waals surface area contributed by atoms with Crippen molar-refractivity contribution >= 4 is 5.91 Å². The normalized spacial score (nSPS) is 23.0. The van der Waals surface area contributed by atoms with Gasteiger partial charge in [0, 0.05) is 25.7 Å². The highest BCUT2D eigenvalue weighted by molar-refractivity contribution is 5.85. The van der Waals surface area contributed by atoms with Crippen molar-refractivity contribution in [2.45, 2.75) is 54.7 Å². The molecule has 2 fully saturated rings. The molecule has 0 spiro atoms. The molecule has 0 saturated carbocycles. The van der Waals surface area contributed by atoms with E-state index in [-0.39, 0.29) is 11.4 Å². The fourth-order valence-corrected chi connectivity index (χ4v) is 3.28. The van der Waals surface area contributed by atoms with Gasteiger partial charge >= 0.3 is 35.8 Å². The molecule has 2 aliphatic heterocycles. The number of piperazine rings is 1. The summed E-state index contributed by atoms with van der Waals surface area (Å²) in [5.74, 6) is -41.1. The summed E-state index contributed by atoms with van der Waals surface area (Å²) in [6.45, 7) is -1.03. The number of hydrogen-bond donors (Lipinski definition) is 0. The average Bonchev–Trinajstić information content (AvgIpc) is 3.06. The lowest BCUT2D eigenvalue weighted by molar-refractivity contribution is -0.436. The Morgan fingerprint density at radius 3 is 1.67 bits per heavy atom. The van der Waals surface area contributed by atoms with E-state index >= 15 is 0 Å². The molecule has 2 heterocycles. The third kappa shape index (κ3) is 3.28. The van der Waals surface area contributed by atoms with Crippen LogP contribution in [-0.4, -0.2) is 83.7 Å². The molecule has 176 valence electrons. The molecular weight excluding hydrogens is 459 g/mol. The summed E-state index contributed by atoms with van der Waals surface area (Å²) in [4.78, 5) is 13.4. The Bertz CT molecular complexity index is 675. The number of rotatable bonds is 5. The number of amides is 1. The molecule has 0 aliphatic carbocycles. The van der Waals surface area contributed by atoms with Gasteiger partial charge in [0.1, 0.15) is 0 Å². The van der Waals surface area contributed by atoms with Crippen LogP contribution in [0.3, 0.4) is 0 Å². The molecule has 1 unspecified atom stereocenters. The third-order valence-electron chi connectivity index (χ3n) is 5.08. The Hall–Kier alpha value is -1.48. The number of nitrogens with zero attached hydrogens (tertiary/aromatic N) is 2. The maximum atomic E-state index is 13.9. The van der Waals surface area contributed by atoms with Crippen molar-refractivity contribution in [3.63, 3.8) is 0 Å². The van der Waals surface area contributed by atoms with Crippen molar-refractivity contribution in [3.8, 4) is 0 Å². The van der Waals surface area contributed by atoms with Gasteiger partial charge < -0.3 is 4.90 Å². The molecule has 0 bridgehead atoms. The molecule has 0 aromatic heterocycles. The monoisotopic (exact) mass is 472 g/mol. The van der Waals surface area contributed by atoms with Gasteiger partial charge in [-0.15, -0.1) is 0 Å². The summed E-state index contributed by atoms with van der Waals surface area (Å²) in [5.41, 5.74) is 0. The summed E-state index contributed by atoms with van der Waals surface area (Å²) in [5, 5.41) is 0. The van der Waals surface area contributed by atoms with Gasteiger partial charge in [-0.05, 0) is 19.4 Å². The minimum atomic E-state index is -8.00. The van der Waals surface area contributed by atoms with Gasteiger partial charge in [-0.3, -0.25) is 9.69 Å². The van der Waals surface area contributed by atoms with Gasteiger partial charge in [0.15, 0.2) is 0 Å². The Labute approximate surface area is 159 Å². The van der Waals surface area contributed by atoms with Crippen LogP contribution >= 0.6 is 0 Å². The van der Waals surface area contributed by atoms with Crippen LogP contribution in [0.4, 0.5) is 57.1 Å². The molecule has 1 amide bonds. The highest BCUT2D eigenvalue weighted by atomic mass is 19.4. The molecule has 2 rings (SSSR count). The molecule has 1 atom stereocenters. The van der Waals surface area contributed by atoms with Crippen molar-refractivity contribution in [2.75, 3.05) is 26.2 Å². The lowest BCUT2D eigenvalue weighted by Gasteiger charge is -2.42. The molecule has 30 heavy (non-hydrogen) atoms. The number of alkyl halides is 13. The maximum Gasteiger partial charge on any atom is 0.460 e. The second-order valence-electron chi connectivity index (χ2n) is 6.95. The first-order valence-electron chi connectivity index (χ1n) is 8.22. The van der Waals surface area contributed by atoms with Crippen molar-refractivity contribution in [2.24, 2.45) is 0 Å². The summed E-state index contributed by atoms with van der Waals surface area (Å²) in [6.07, 6.45) is -6.62. The minimum absolute atomic E-state index is 0.0312. The van der Waals surface area contributed by atoms with Crippen LogP contribution in [0.1, 0.15) is 12.8 Å². The summed E-state index contributed by atoms with van der Waals surface area (Å²) in [6, 6.07) is -0.608. The van der Waals surface area contributed by atoms with Gasteiger partial charge in [-0.25, -0.2) is 0 Å². The molecule has 3 nitrogen and oxygen atoms in total. The first-order chi connectivity index (χ1) is 13.2. The van der Waals surface area contributed by atoms with Gasteiger partial charge in [-0.1, -0.05) is 0 Å². The largest absolute Gasteiger partial charge is 0.460 e.